The summed E-state index contributed by atoms with van der Waals surface area (Å²) in [5.41, 5.74) is 7.90. The molecule has 4 saturated carbocycles. The molecule has 0 unspecified atom stereocenters. The van der Waals surface area contributed by atoms with Gasteiger partial charge in [0.15, 0.2) is 0 Å². The van der Waals surface area contributed by atoms with E-state index in [1.807, 2.05) is 6.20 Å². The number of aromatic nitrogens is 1. The van der Waals surface area contributed by atoms with Crippen LogP contribution in [0, 0.1) is 29.1 Å². The van der Waals surface area contributed by atoms with Crippen LogP contribution < -0.4 is 11.6 Å². The summed E-state index contributed by atoms with van der Waals surface area (Å²) in [7, 11) is 0. The third kappa shape index (κ3) is 1.39. The normalized spacial score (nSPS) is 39.4. The van der Waals surface area contributed by atoms with Crippen molar-refractivity contribution in [3.8, 4) is 6.07 Å². The first-order valence-corrected chi connectivity index (χ1v) is 7.28. The second-order valence-corrected chi connectivity index (χ2v) is 7.02. The molecule has 4 aliphatic rings. The Morgan fingerprint density at radius 1 is 1.16 bits per heavy atom. The van der Waals surface area contributed by atoms with E-state index in [0.717, 1.165) is 23.3 Å². The van der Waals surface area contributed by atoms with Gasteiger partial charge < -0.3 is 11.6 Å². The van der Waals surface area contributed by atoms with Crippen LogP contribution in [0.3, 0.4) is 0 Å². The van der Waals surface area contributed by atoms with Crippen molar-refractivity contribution >= 4 is 5.82 Å². The Hall–Kier alpha value is -1.63. The number of hydrogen-bond acceptors (Lipinski definition) is 3. The quantitative estimate of drug-likeness (QED) is 0.755. The highest BCUT2D eigenvalue weighted by Crippen LogP contribution is 2.61. The van der Waals surface area contributed by atoms with Crippen molar-refractivity contribution in [3.63, 3.8) is 0 Å². The van der Waals surface area contributed by atoms with E-state index in [2.05, 4.69) is 6.07 Å². The van der Waals surface area contributed by atoms with Crippen LogP contribution in [0.2, 0.25) is 0 Å². The second-order valence-electron chi connectivity index (χ2n) is 7.02. The van der Waals surface area contributed by atoms with Crippen LogP contribution in [-0.2, 0) is 5.41 Å². The predicted octanol–water partition coefficient (Wildman–Crippen LogP) is 2.12. The summed E-state index contributed by atoms with van der Waals surface area (Å²) in [4.78, 5) is 0. The molecule has 1 aromatic heterocycles. The summed E-state index contributed by atoms with van der Waals surface area (Å²) in [6, 6.07) is 2.28. The zero-order valence-corrected chi connectivity index (χ0v) is 11.1. The monoisotopic (exact) mass is 256 g/mol. The van der Waals surface area contributed by atoms with Gasteiger partial charge in [-0.25, -0.2) is 0 Å². The van der Waals surface area contributed by atoms with Gasteiger partial charge in [0.2, 0.25) is 0 Å². The van der Waals surface area contributed by atoms with Gasteiger partial charge in [-0.15, -0.1) is 0 Å². The largest absolute Gasteiger partial charge is 0.383 e. The van der Waals surface area contributed by atoms with Crippen molar-refractivity contribution in [2.24, 2.45) is 17.8 Å². The van der Waals surface area contributed by atoms with Gasteiger partial charge in [-0.2, -0.15) is 5.26 Å². The lowest BCUT2D eigenvalue weighted by molar-refractivity contribution is -0.00527. The summed E-state index contributed by atoms with van der Waals surface area (Å²) in [6.07, 6.45) is 9.83. The van der Waals surface area contributed by atoms with Gasteiger partial charge >= 0.3 is 0 Å². The van der Waals surface area contributed by atoms with E-state index in [4.69, 9.17) is 11.6 Å². The molecule has 0 radical (unpaired) electrons. The van der Waals surface area contributed by atoms with Crippen molar-refractivity contribution in [2.45, 2.75) is 43.9 Å². The van der Waals surface area contributed by atoms with E-state index in [0.29, 0.717) is 11.4 Å². The molecular weight excluding hydrogens is 236 g/mol. The standard InChI is InChI=1S/C15H20N4/c16-7-12-13(8-19(18)14(12)17)15-4-9-1-10(5-15)3-11(2-9)6-15/h8-11H,1-6,17-18H2. The van der Waals surface area contributed by atoms with Crippen molar-refractivity contribution in [1.82, 2.24) is 4.68 Å². The average Bonchev–Trinajstić information content (AvgIpc) is 2.64. The number of nitriles is 1. The highest BCUT2D eigenvalue weighted by molar-refractivity contribution is 5.58. The smallest absolute Gasteiger partial charge is 0.140 e. The Balaban J connectivity index is 1.84. The van der Waals surface area contributed by atoms with Gasteiger partial charge in [0.1, 0.15) is 11.9 Å². The topological polar surface area (TPSA) is 80.8 Å². The van der Waals surface area contributed by atoms with E-state index < -0.39 is 0 Å². The van der Waals surface area contributed by atoms with Gasteiger partial charge in [0, 0.05) is 6.20 Å². The first-order valence-electron chi connectivity index (χ1n) is 7.28. The number of nitrogens with two attached hydrogens (primary N) is 2. The molecule has 0 spiro atoms. The zero-order valence-electron chi connectivity index (χ0n) is 11.1. The van der Waals surface area contributed by atoms with Gasteiger partial charge in [-0.1, -0.05) is 0 Å². The Kier molecular flexibility index (Phi) is 2.05. The highest BCUT2D eigenvalue weighted by Gasteiger charge is 2.52. The third-order valence-electron chi connectivity index (χ3n) is 5.79. The third-order valence-corrected chi connectivity index (χ3v) is 5.79. The molecule has 19 heavy (non-hydrogen) atoms. The molecule has 4 heteroatoms. The molecule has 0 aromatic carbocycles. The van der Waals surface area contributed by atoms with Crippen LogP contribution in [0.25, 0.3) is 0 Å². The summed E-state index contributed by atoms with van der Waals surface area (Å²) >= 11 is 0. The van der Waals surface area contributed by atoms with E-state index in [-0.39, 0.29) is 5.41 Å². The molecule has 0 saturated heterocycles. The fraction of sp³-hybridized carbons (Fsp3) is 0.667. The van der Waals surface area contributed by atoms with Crippen LogP contribution in [0.5, 0.6) is 0 Å². The maximum absolute atomic E-state index is 9.42. The Morgan fingerprint density at radius 2 is 1.68 bits per heavy atom. The fourth-order valence-corrected chi connectivity index (χ4v) is 5.50. The minimum atomic E-state index is 0.193. The molecular formula is C15H20N4. The fourth-order valence-electron chi connectivity index (χ4n) is 5.50. The van der Waals surface area contributed by atoms with E-state index in [1.54, 1.807) is 0 Å². The number of anilines is 1. The van der Waals surface area contributed by atoms with Gasteiger partial charge in [-0.05, 0) is 67.3 Å². The van der Waals surface area contributed by atoms with Gasteiger partial charge in [0.25, 0.3) is 0 Å². The summed E-state index contributed by atoms with van der Waals surface area (Å²) in [6.45, 7) is 0. The minimum absolute atomic E-state index is 0.193. The maximum atomic E-state index is 9.42. The molecule has 4 aliphatic carbocycles. The molecule has 5 rings (SSSR count). The van der Waals surface area contributed by atoms with E-state index in [9.17, 15) is 5.26 Å². The first kappa shape index (κ1) is 11.2. The molecule has 1 heterocycles. The SMILES string of the molecule is N#Cc1c(C23CC4CC(CC(C4)C2)C3)cn(N)c1N. The lowest BCUT2D eigenvalue weighted by atomic mass is 9.48. The van der Waals surface area contributed by atoms with E-state index in [1.165, 1.54) is 43.2 Å². The van der Waals surface area contributed by atoms with Gasteiger partial charge in [-0.3, -0.25) is 4.68 Å². The molecule has 0 aliphatic heterocycles. The lowest BCUT2D eigenvalue weighted by Gasteiger charge is -2.56. The molecule has 1 aromatic rings. The molecule has 4 bridgehead atoms. The van der Waals surface area contributed by atoms with Crippen molar-refractivity contribution < 1.29 is 0 Å². The van der Waals surface area contributed by atoms with Crippen LogP contribution >= 0.6 is 0 Å². The molecule has 0 amide bonds. The average molecular weight is 256 g/mol. The molecule has 4 nitrogen and oxygen atoms in total. The molecule has 100 valence electrons. The Bertz CT molecular complexity index is 542. The molecule has 4 N–H and O–H groups in total. The van der Waals surface area contributed by atoms with Crippen molar-refractivity contribution in [1.29, 1.82) is 5.26 Å². The van der Waals surface area contributed by atoms with Crippen LogP contribution in [0.4, 0.5) is 5.82 Å². The zero-order chi connectivity index (χ0) is 13.2. The first-order chi connectivity index (χ1) is 9.11. The highest BCUT2D eigenvalue weighted by atomic mass is 15.3. The minimum Gasteiger partial charge on any atom is -0.383 e. The summed E-state index contributed by atoms with van der Waals surface area (Å²) < 4.78 is 1.44. The van der Waals surface area contributed by atoms with Crippen LogP contribution in [0.1, 0.15) is 49.7 Å². The number of hydrogen-bond donors (Lipinski definition) is 2. The molecule has 4 fully saturated rings. The number of nitrogen functional groups attached to an aromatic ring is 2. The predicted molar refractivity (Wildman–Crippen MR) is 73.6 cm³/mol. The van der Waals surface area contributed by atoms with E-state index >= 15 is 0 Å². The lowest BCUT2D eigenvalue weighted by Crippen LogP contribution is -2.48. The van der Waals surface area contributed by atoms with Crippen LogP contribution in [0.15, 0.2) is 6.20 Å². The maximum Gasteiger partial charge on any atom is 0.140 e. The summed E-state index contributed by atoms with van der Waals surface area (Å²) in [5.74, 6) is 8.88. The Labute approximate surface area is 113 Å². The summed E-state index contributed by atoms with van der Waals surface area (Å²) in [5, 5.41) is 9.42. The number of nitrogens with zero attached hydrogens (tertiary/aromatic N) is 2. The Morgan fingerprint density at radius 3 is 2.16 bits per heavy atom. The molecule has 0 atom stereocenters. The van der Waals surface area contributed by atoms with Crippen molar-refractivity contribution in [2.75, 3.05) is 11.6 Å². The number of rotatable bonds is 1. The van der Waals surface area contributed by atoms with Crippen LogP contribution in [-0.4, -0.2) is 4.68 Å². The second kappa shape index (κ2) is 3.47. The van der Waals surface area contributed by atoms with Gasteiger partial charge in [0.05, 0.1) is 5.56 Å². The van der Waals surface area contributed by atoms with Crippen molar-refractivity contribution in [3.05, 3.63) is 17.3 Å².